The Hall–Kier alpha value is -2.59. The van der Waals surface area contributed by atoms with E-state index in [1.165, 1.54) is 32.2 Å². The summed E-state index contributed by atoms with van der Waals surface area (Å²) in [5.41, 5.74) is 3.38. The SMILES string of the molecule is c1ccc(COc2nn(CCN3CC4CCC3CC4)cc2-c2ccccc2)cc1. The van der Waals surface area contributed by atoms with Crippen LogP contribution in [0.5, 0.6) is 5.88 Å². The Morgan fingerprint density at radius 1 is 0.862 bits per heavy atom. The van der Waals surface area contributed by atoms with Gasteiger partial charge in [-0.1, -0.05) is 60.7 Å². The van der Waals surface area contributed by atoms with E-state index in [1.807, 2.05) is 24.3 Å². The van der Waals surface area contributed by atoms with Gasteiger partial charge in [-0.15, -0.1) is 5.10 Å². The van der Waals surface area contributed by atoms with Gasteiger partial charge in [-0.3, -0.25) is 9.58 Å². The maximum absolute atomic E-state index is 6.15. The van der Waals surface area contributed by atoms with Gasteiger partial charge in [0.1, 0.15) is 6.61 Å². The van der Waals surface area contributed by atoms with Crippen LogP contribution in [0.1, 0.15) is 31.2 Å². The van der Waals surface area contributed by atoms with Gasteiger partial charge in [-0.2, -0.15) is 0 Å². The lowest BCUT2D eigenvalue weighted by molar-refractivity contribution is 0.0455. The molecule has 29 heavy (non-hydrogen) atoms. The van der Waals surface area contributed by atoms with Crippen molar-refractivity contribution < 1.29 is 4.74 Å². The number of hydrogen-bond acceptors (Lipinski definition) is 3. The highest BCUT2D eigenvalue weighted by Gasteiger charge is 2.33. The largest absolute Gasteiger partial charge is 0.471 e. The quantitative estimate of drug-likeness (QED) is 0.571. The summed E-state index contributed by atoms with van der Waals surface area (Å²) in [6.45, 7) is 3.80. The van der Waals surface area contributed by atoms with Crippen molar-refractivity contribution in [1.82, 2.24) is 14.7 Å². The Morgan fingerprint density at radius 3 is 2.28 bits per heavy atom. The molecule has 0 atom stereocenters. The molecule has 3 fully saturated rings. The third-order valence-corrected chi connectivity index (χ3v) is 6.47. The number of ether oxygens (including phenoxy) is 1. The van der Waals surface area contributed by atoms with Gasteiger partial charge >= 0.3 is 0 Å². The molecule has 3 aromatic rings. The van der Waals surface area contributed by atoms with Crippen LogP contribution in [0.25, 0.3) is 11.1 Å². The molecule has 2 saturated heterocycles. The predicted octanol–water partition coefficient (Wildman–Crippen LogP) is 5.00. The summed E-state index contributed by atoms with van der Waals surface area (Å²) in [7, 11) is 0. The minimum Gasteiger partial charge on any atom is -0.471 e. The molecule has 0 unspecified atom stereocenters. The molecule has 2 aromatic carbocycles. The molecular formula is C25H29N3O. The number of hydrogen-bond donors (Lipinski definition) is 0. The van der Waals surface area contributed by atoms with Crippen LogP contribution in [0, 0.1) is 5.92 Å². The van der Waals surface area contributed by atoms with Crippen LogP contribution >= 0.6 is 0 Å². The number of nitrogens with zero attached hydrogens (tertiary/aromatic N) is 3. The highest BCUT2D eigenvalue weighted by atomic mass is 16.5. The van der Waals surface area contributed by atoms with Crippen molar-refractivity contribution in [2.75, 3.05) is 13.1 Å². The van der Waals surface area contributed by atoms with Crippen LogP contribution in [0.2, 0.25) is 0 Å². The molecule has 1 aromatic heterocycles. The molecule has 1 saturated carbocycles. The molecule has 1 aliphatic carbocycles. The van der Waals surface area contributed by atoms with Gasteiger partial charge in [0.05, 0.1) is 12.1 Å². The molecule has 2 aliphatic heterocycles. The molecule has 0 spiro atoms. The Balaban J connectivity index is 1.32. The molecule has 2 bridgehead atoms. The first kappa shape index (κ1) is 18.4. The van der Waals surface area contributed by atoms with Gasteiger partial charge < -0.3 is 4.74 Å². The van der Waals surface area contributed by atoms with E-state index in [4.69, 9.17) is 9.84 Å². The van der Waals surface area contributed by atoms with Crippen molar-refractivity contribution in [2.45, 2.75) is 44.9 Å². The van der Waals surface area contributed by atoms with Crippen LogP contribution in [-0.2, 0) is 13.2 Å². The maximum Gasteiger partial charge on any atom is 0.241 e. The number of fused-ring (bicyclic) bond motifs is 3. The Bertz CT molecular complexity index is 914. The lowest BCUT2D eigenvalue weighted by Gasteiger charge is -2.45. The minimum atomic E-state index is 0.535. The molecule has 4 heteroatoms. The van der Waals surface area contributed by atoms with Crippen molar-refractivity contribution in [3.05, 3.63) is 72.4 Å². The van der Waals surface area contributed by atoms with Crippen molar-refractivity contribution in [2.24, 2.45) is 5.92 Å². The monoisotopic (exact) mass is 387 g/mol. The van der Waals surface area contributed by atoms with Crippen LogP contribution in [0.3, 0.4) is 0 Å². The molecule has 0 radical (unpaired) electrons. The molecule has 6 rings (SSSR count). The number of benzene rings is 2. The van der Waals surface area contributed by atoms with Crippen LogP contribution in [0.4, 0.5) is 0 Å². The fourth-order valence-corrected chi connectivity index (χ4v) is 4.84. The predicted molar refractivity (Wildman–Crippen MR) is 116 cm³/mol. The molecule has 0 amide bonds. The van der Waals surface area contributed by atoms with E-state index in [9.17, 15) is 0 Å². The second kappa shape index (κ2) is 8.42. The van der Waals surface area contributed by atoms with Gasteiger partial charge in [-0.25, -0.2) is 0 Å². The highest BCUT2D eigenvalue weighted by Crippen LogP contribution is 2.35. The van der Waals surface area contributed by atoms with Gasteiger partial charge in [-0.05, 0) is 42.7 Å². The summed E-state index contributed by atoms with van der Waals surface area (Å²) in [6, 6.07) is 21.5. The maximum atomic E-state index is 6.15. The normalized spacial score (nSPS) is 21.4. The summed E-state index contributed by atoms with van der Waals surface area (Å²) in [5.74, 6) is 1.64. The molecule has 4 nitrogen and oxygen atoms in total. The van der Waals surface area contributed by atoms with Crippen molar-refractivity contribution >= 4 is 0 Å². The zero-order valence-electron chi connectivity index (χ0n) is 16.9. The van der Waals surface area contributed by atoms with E-state index in [-0.39, 0.29) is 0 Å². The number of rotatable bonds is 7. The lowest BCUT2D eigenvalue weighted by atomic mass is 9.80. The number of piperidine rings is 2. The smallest absolute Gasteiger partial charge is 0.241 e. The van der Waals surface area contributed by atoms with Gasteiger partial charge in [0.15, 0.2) is 0 Å². The standard InChI is InChI=1S/C25H29N3O/c1-3-7-21(8-4-1)19-29-25-24(22-9-5-2-6-10-22)18-28(26-25)16-15-27-17-20-11-13-23(27)14-12-20/h1-10,18,20,23H,11-17,19H2. The molecule has 3 aliphatic rings. The Labute approximate surface area is 173 Å². The topological polar surface area (TPSA) is 30.3 Å². The van der Waals surface area contributed by atoms with E-state index < -0.39 is 0 Å². The third-order valence-electron chi connectivity index (χ3n) is 6.47. The van der Waals surface area contributed by atoms with Crippen molar-refractivity contribution in [3.63, 3.8) is 0 Å². The van der Waals surface area contributed by atoms with Gasteiger partial charge in [0.25, 0.3) is 0 Å². The second-order valence-corrected chi connectivity index (χ2v) is 8.42. The van der Waals surface area contributed by atoms with Gasteiger partial charge in [0.2, 0.25) is 5.88 Å². The fraction of sp³-hybridized carbons (Fsp3) is 0.400. The van der Waals surface area contributed by atoms with Crippen LogP contribution in [-0.4, -0.2) is 33.8 Å². The van der Waals surface area contributed by atoms with E-state index in [2.05, 4.69) is 52.2 Å². The first-order chi connectivity index (χ1) is 14.3. The van der Waals surface area contributed by atoms with Gasteiger partial charge in [0, 0.05) is 25.3 Å². The van der Waals surface area contributed by atoms with E-state index in [1.54, 1.807) is 0 Å². The first-order valence-electron chi connectivity index (χ1n) is 10.9. The minimum absolute atomic E-state index is 0.535. The molecular weight excluding hydrogens is 358 g/mol. The molecule has 0 N–H and O–H groups in total. The number of aromatic nitrogens is 2. The Morgan fingerprint density at radius 2 is 1.59 bits per heavy atom. The zero-order chi connectivity index (χ0) is 19.5. The summed E-state index contributed by atoms with van der Waals surface area (Å²) < 4.78 is 8.23. The highest BCUT2D eigenvalue weighted by molar-refractivity contribution is 5.67. The third kappa shape index (κ3) is 4.23. The molecule has 3 heterocycles. The van der Waals surface area contributed by atoms with Crippen LogP contribution < -0.4 is 4.74 Å². The van der Waals surface area contributed by atoms with Crippen molar-refractivity contribution in [1.29, 1.82) is 0 Å². The zero-order valence-corrected chi connectivity index (χ0v) is 16.9. The summed E-state index contributed by atoms with van der Waals surface area (Å²) in [4.78, 5) is 2.69. The van der Waals surface area contributed by atoms with E-state index in [0.717, 1.165) is 47.6 Å². The summed E-state index contributed by atoms with van der Waals surface area (Å²) >= 11 is 0. The lowest BCUT2D eigenvalue weighted by Crippen LogP contribution is -2.48. The summed E-state index contributed by atoms with van der Waals surface area (Å²) in [5, 5.41) is 4.82. The molecule has 150 valence electrons. The average molecular weight is 388 g/mol. The Kier molecular flexibility index (Phi) is 5.35. The van der Waals surface area contributed by atoms with E-state index >= 15 is 0 Å². The second-order valence-electron chi connectivity index (χ2n) is 8.42. The summed E-state index contributed by atoms with van der Waals surface area (Å²) in [6.07, 6.45) is 7.77. The first-order valence-corrected chi connectivity index (χ1v) is 10.9. The van der Waals surface area contributed by atoms with Crippen LogP contribution in [0.15, 0.2) is 66.9 Å². The average Bonchev–Trinajstić information content (AvgIpc) is 3.22. The fourth-order valence-electron chi connectivity index (χ4n) is 4.84. The van der Waals surface area contributed by atoms with Crippen molar-refractivity contribution in [3.8, 4) is 17.0 Å². The van der Waals surface area contributed by atoms with E-state index in [0.29, 0.717) is 6.61 Å².